The maximum Gasteiger partial charge on any atom is 0.407 e. The summed E-state index contributed by atoms with van der Waals surface area (Å²) in [6, 6.07) is 4.11. The normalized spacial score (nSPS) is 26.6. The second-order valence-corrected chi connectivity index (χ2v) is 35.2. The highest BCUT2D eigenvalue weighted by Crippen LogP contribution is 2.41. The Balaban J connectivity index is 0.534. The minimum Gasteiger partial charge on any atom is -0.460 e. The average Bonchev–Trinajstić information content (AvgIpc) is 1.68. The number of Topliss-reactive ketones (excluding diaryl/α,β-unsaturated/α-hetero) is 4. The highest BCUT2D eigenvalue weighted by molar-refractivity contribution is 6.39. The summed E-state index contributed by atoms with van der Waals surface area (Å²) in [6.45, 7) is 16.7. The first-order chi connectivity index (χ1) is 63.1. The van der Waals surface area contributed by atoms with E-state index in [0.29, 0.717) is 166 Å². The smallest absolute Gasteiger partial charge is 0.407 e. The van der Waals surface area contributed by atoms with Crippen LogP contribution in [0.5, 0.6) is 0 Å². The molecule has 0 unspecified atom stereocenters. The van der Waals surface area contributed by atoms with Gasteiger partial charge in [0.1, 0.15) is 65.8 Å². The van der Waals surface area contributed by atoms with Crippen molar-refractivity contribution in [2.45, 2.75) is 232 Å². The molecular weight excluding hydrogens is 1690 g/mol. The molecule has 8 N–H and O–H groups in total. The summed E-state index contributed by atoms with van der Waals surface area (Å²) in [5, 5.41) is 43.6. The number of amides is 3. The summed E-state index contributed by atoms with van der Waals surface area (Å²) in [4.78, 5) is 148. The fourth-order valence-electron chi connectivity index (χ4n) is 17.8. The second kappa shape index (κ2) is 47.2. The molecule has 5 aliphatic rings. The molecular formula is C93H127N19O19. The van der Waals surface area contributed by atoms with Crippen LogP contribution in [0.4, 0.5) is 28.5 Å². The third-order valence-corrected chi connectivity index (χ3v) is 25.6. The Hall–Kier alpha value is -11.3. The van der Waals surface area contributed by atoms with Crippen molar-refractivity contribution in [2.24, 2.45) is 35.5 Å². The van der Waals surface area contributed by atoms with Crippen molar-refractivity contribution in [3.05, 3.63) is 120 Å². The number of oxazole rings is 1. The number of piperidine rings is 1. The number of carbonyl (C=O) groups excluding carboxylic acids is 8. The molecule has 7 aromatic rings. The number of piperazine rings is 1. The molecule has 15 atom stereocenters. The lowest BCUT2D eigenvalue weighted by molar-refractivity contribution is -0.265. The van der Waals surface area contributed by atoms with Gasteiger partial charge in [0.2, 0.25) is 23.6 Å². The number of allylic oxidation sites excluding steroid dienone is 6. The van der Waals surface area contributed by atoms with Crippen molar-refractivity contribution in [1.82, 2.24) is 75.2 Å². The van der Waals surface area contributed by atoms with E-state index >= 15 is 0 Å². The van der Waals surface area contributed by atoms with Crippen LogP contribution in [0.1, 0.15) is 185 Å². The molecule has 4 fully saturated rings. The standard InChI is InChI=1S/C93H127N19O19/c1-56-19-13-11-14-20-57(2)75(123-8)46-68-26-23-62(7)93(122,131-68)84(118)87(119)110-31-18-16-21-71(110)88(120)129-76(47-73(114)58(3)42-61(6)82(117)83(125-10)81(116)60(5)41-56)59(4)43-63-24-27-70(77(44-63)124-9)112-53-67(105-107-112)54-128-92(121)96-30-38-127-40-39-126-37-29-78(115)97-48-64-49-98-90(99-50-64)108-33-35-109(36-34-108)91-100-51-66(52-101-91)72(113)22-15-12-17-32-111-86-79(85(94)102-55-103-86)80(106-111)65-25-28-74-69(45-65)104-89(95)130-74/h11,13-14,19-20,25,28,42,45,49-53,55-56,58-60,62-63,68,70-71,75-77,82-83,117,122H,12,15-18,21-24,26-27,29-41,43-44,46-48,54H2,1-10H3,(H2,95,104)(H,96,121)(H,97,115)(H2,94,102,103)/b14-11+,19-13+,57-20+,61-42+/t56-,58-,59-,60-,62-,63+,68+,70+,71+,75+,76+,77-,82-,83+,93-/m1/s1. The number of benzene rings is 1. The topological polar surface area (TPSA) is 489 Å². The fourth-order valence-corrected chi connectivity index (χ4v) is 17.8. The summed E-state index contributed by atoms with van der Waals surface area (Å²) < 4.78 is 56.0. The van der Waals surface area contributed by atoms with Gasteiger partial charge in [-0.3, -0.25) is 28.8 Å². The molecule has 1 saturated carbocycles. The van der Waals surface area contributed by atoms with Gasteiger partial charge < -0.3 is 89.3 Å². The number of ketones is 4. The van der Waals surface area contributed by atoms with Crippen LogP contribution in [-0.2, 0) is 86.4 Å². The third-order valence-electron chi connectivity index (χ3n) is 25.6. The Kier molecular flexibility index (Phi) is 35.6. The highest BCUT2D eigenvalue weighted by atomic mass is 16.6. The lowest BCUT2D eigenvalue weighted by Gasteiger charge is -2.42. The number of esters is 1. The van der Waals surface area contributed by atoms with Gasteiger partial charge in [-0.2, -0.15) is 10.1 Å². The molecule has 0 radical (unpaired) electrons. The third kappa shape index (κ3) is 26.2. The van der Waals surface area contributed by atoms with E-state index in [1.54, 1.807) is 89.7 Å². The molecule has 10 heterocycles. The number of anilines is 4. The molecule has 12 rings (SSSR count). The van der Waals surface area contributed by atoms with E-state index in [-0.39, 0.29) is 132 Å². The monoisotopic (exact) mass is 1810 g/mol. The highest BCUT2D eigenvalue weighted by Gasteiger charge is 2.53. The van der Waals surface area contributed by atoms with Gasteiger partial charge in [-0.15, -0.1) is 5.10 Å². The Morgan fingerprint density at radius 1 is 0.763 bits per heavy atom. The summed E-state index contributed by atoms with van der Waals surface area (Å²) in [7, 11) is 4.55. The number of aromatic nitrogens is 12. The molecule has 708 valence electrons. The van der Waals surface area contributed by atoms with E-state index < -0.39 is 89.8 Å². The zero-order chi connectivity index (χ0) is 93.4. The SMILES string of the molecule is CO[C@H]1C[C@@H]2CC[C@@H](C)[C@@](O)(O2)C(=O)C(=O)N2CCCC[C@H]2C(=O)O[C@H]([C@H](C)C[C@@H]2CC[C@H](n3cc(COC(=O)NCCOCCOCCC(=O)NCc4cnc(N5CCN(c6ncc(C(=O)CCCCCn7nc(-c8ccc9oc(N)nc9c8)c8c(N)ncnc87)cn6)CC5)nc4)nn3)[C@H](OC)C2)CC(=O)[C@H](C)/C=C(\C)[C@@H](O)[C@@H](OC)C(=O)[C@H](C)C[C@H](C)/C=C/C=C/C=C/1C. The average molecular weight is 1820 g/mol. The van der Waals surface area contributed by atoms with Crippen molar-refractivity contribution < 1.29 is 90.9 Å². The van der Waals surface area contributed by atoms with Crippen LogP contribution >= 0.6 is 0 Å². The Bertz CT molecular complexity index is 5170. The van der Waals surface area contributed by atoms with Crippen molar-refractivity contribution in [2.75, 3.05) is 108 Å². The largest absolute Gasteiger partial charge is 0.460 e. The van der Waals surface area contributed by atoms with Gasteiger partial charge in [-0.05, 0) is 138 Å². The van der Waals surface area contributed by atoms with Crippen LogP contribution in [0.3, 0.4) is 0 Å². The molecule has 2 bridgehead atoms. The Labute approximate surface area is 762 Å². The van der Waals surface area contributed by atoms with Crippen LogP contribution < -0.4 is 31.9 Å². The lowest BCUT2D eigenvalue weighted by Crippen LogP contribution is -2.61. The number of nitrogens with one attached hydrogen (secondary N) is 2. The van der Waals surface area contributed by atoms with E-state index in [9.17, 15) is 48.6 Å². The van der Waals surface area contributed by atoms with Gasteiger partial charge >= 0.3 is 12.1 Å². The van der Waals surface area contributed by atoms with Crippen LogP contribution in [0, 0.1) is 35.5 Å². The van der Waals surface area contributed by atoms with Gasteiger partial charge in [-0.25, -0.2) is 48.9 Å². The number of aryl methyl sites for hydroxylation is 1. The molecule has 0 spiro atoms. The number of rotatable bonds is 30. The molecule has 1 aromatic carbocycles. The lowest BCUT2D eigenvalue weighted by atomic mass is 9.77. The number of nitrogens with two attached hydrogens (primary N) is 2. The number of aliphatic hydroxyl groups is 2. The molecule has 4 aliphatic heterocycles. The molecule has 1 aliphatic carbocycles. The molecule has 38 nitrogen and oxygen atoms in total. The van der Waals surface area contributed by atoms with Crippen molar-refractivity contribution in [1.29, 1.82) is 0 Å². The fraction of sp³-hybridized carbons (Fsp3) is 0.591. The number of hydrogen-bond acceptors (Lipinski definition) is 33. The minimum absolute atomic E-state index is 0.00955. The Morgan fingerprint density at radius 2 is 1.50 bits per heavy atom. The summed E-state index contributed by atoms with van der Waals surface area (Å²) >= 11 is 0. The van der Waals surface area contributed by atoms with Crippen molar-refractivity contribution >= 4 is 92.9 Å². The molecule has 131 heavy (non-hydrogen) atoms. The maximum absolute atomic E-state index is 14.8. The van der Waals surface area contributed by atoms with Gasteiger partial charge in [0, 0.05) is 153 Å². The number of methoxy groups -OCH3 is 3. The van der Waals surface area contributed by atoms with Crippen LogP contribution in [0.15, 0.2) is 108 Å². The predicted molar refractivity (Wildman–Crippen MR) is 483 cm³/mol. The van der Waals surface area contributed by atoms with E-state index in [4.69, 9.17) is 58.9 Å². The van der Waals surface area contributed by atoms with Crippen LogP contribution in [-0.4, -0.2) is 257 Å². The Morgan fingerprint density at radius 3 is 2.24 bits per heavy atom. The first-order valence-corrected chi connectivity index (χ1v) is 45.6. The molecule has 3 saturated heterocycles. The number of unbranched alkanes of at least 4 members (excludes halogenated alkanes) is 2. The number of nitrogens with zero attached hydrogens (tertiary/aromatic N) is 15. The maximum atomic E-state index is 14.8. The number of cyclic esters (lactones) is 1. The van der Waals surface area contributed by atoms with Crippen molar-refractivity contribution in [3.8, 4) is 11.3 Å². The number of alkyl carbamates (subject to hydrolysis) is 1. The quantitative estimate of drug-likeness (QED) is 0.00803. The number of carbonyl (C=O) groups is 8. The first-order valence-electron chi connectivity index (χ1n) is 45.6. The van der Waals surface area contributed by atoms with Gasteiger partial charge in [0.15, 0.2) is 22.8 Å². The van der Waals surface area contributed by atoms with Gasteiger partial charge in [-0.1, -0.05) is 82.7 Å². The van der Waals surface area contributed by atoms with Crippen molar-refractivity contribution in [3.63, 3.8) is 0 Å². The number of fused-ring (bicyclic) bond motifs is 5. The number of hydrogen-bond donors (Lipinski definition) is 6. The first kappa shape index (κ1) is 98.8. The van der Waals surface area contributed by atoms with Crippen LogP contribution in [0.2, 0.25) is 0 Å². The number of aliphatic hydroxyl groups excluding tert-OH is 1. The van der Waals surface area contributed by atoms with E-state index in [0.717, 1.165) is 29.5 Å². The van der Waals surface area contributed by atoms with E-state index in [1.807, 2.05) is 68.0 Å². The molecule has 3 amide bonds. The summed E-state index contributed by atoms with van der Waals surface area (Å²) in [5.74, 6) is -7.47. The zero-order valence-electron chi connectivity index (χ0n) is 76.7. The van der Waals surface area contributed by atoms with E-state index in [1.165, 1.54) is 18.3 Å². The zero-order valence-corrected chi connectivity index (χ0v) is 76.7. The summed E-state index contributed by atoms with van der Waals surface area (Å²) in [6.07, 6.45) is 22.6. The number of ether oxygens (including phenoxy) is 8. The second-order valence-electron chi connectivity index (χ2n) is 35.2. The molecule has 6 aromatic heterocycles. The van der Waals surface area contributed by atoms with Gasteiger partial charge in [0.05, 0.1) is 67.9 Å². The summed E-state index contributed by atoms with van der Waals surface area (Å²) in [5.41, 5.74) is 18.1. The van der Waals surface area contributed by atoms with E-state index in [2.05, 4.69) is 65.6 Å². The molecule has 38 heteroatoms. The van der Waals surface area contributed by atoms with Gasteiger partial charge in [0.25, 0.3) is 17.7 Å². The van der Waals surface area contributed by atoms with Crippen LogP contribution in [0.25, 0.3) is 33.4 Å². The minimum atomic E-state index is -2.49. The number of nitrogen functional groups attached to an aromatic ring is 2. The predicted octanol–water partition coefficient (Wildman–Crippen LogP) is 9.08.